The molecule has 18 heavy (non-hydrogen) atoms. The second-order valence-electron chi connectivity index (χ2n) is 3.85. The van der Waals surface area contributed by atoms with Crippen LogP contribution in [0.1, 0.15) is 24.2 Å². The van der Waals surface area contributed by atoms with Crippen LogP contribution in [0, 0.1) is 0 Å². The largest absolute Gasteiger partial charge is 0.480 e. The van der Waals surface area contributed by atoms with E-state index in [1.165, 1.54) is 0 Å². The van der Waals surface area contributed by atoms with Gasteiger partial charge in [0.1, 0.15) is 5.69 Å². The number of hydrogen-bond donors (Lipinski definition) is 1. The van der Waals surface area contributed by atoms with Crippen LogP contribution < -0.4 is 10.1 Å². The van der Waals surface area contributed by atoms with E-state index in [0.29, 0.717) is 5.88 Å². The highest BCUT2D eigenvalue weighted by Crippen LogP contribution is 2.25. The Balaban J connectivity index is 2.41. The van der Waals surface area contributed by atoms with Crippen molar-refractivity contribution in [1.29, 1.82) is 0 Å². The Morgan fingerprint density at radius 1 is 1.17 bits per heavy atom. The Kier molecular flexibility index (Phi) is 4.25. The third-order valence-electron chi connectivity index (χ3n) is 2.70. The molecule has 1 atom stereocenters. The zero-order valence-electron chi connectivity index (χ0n) is 10.6. The van der Waals surface area contributed by atoms with Crippen molar-refractivity contribution in [1.82, 2.24) is 15.3 Å². The molecule has 0 saturated heterocycles. The highest BCUT2D eigenvalue weighted by molar-refractivity contribution is 5.32. The number of nitrogens with zero attached hydrogens (tertiary/aromatic N) is 2. The van der Waals surface area contributed by atoms with Crippen LogP contribution in [-0.4, -0.2) is 23.6 Å². The second kappa shape index (κ2) is 6.12. The van der Waals surface area contributed by atoms with Crippen LogP contribution >= 0.6 is 0 Å². The maximum Gasteiger partial charge on any atom is 0.237 e. The molecule has 4 heteroatoms. The maximum atomic E-state index is 5.28. The molecule has 0 fully saturated rings. The highest BCUT2D eigenvalue weighted by Gasteiger charge is 2.19. The summed E-state index contributed by atoms with van der Waals surface area (Å²) in [6.45, 7) is 2.91. The van der Waals surface area contributed by atoms with Crippen LogP contribution in [0.5, 0.6) is 5.88 Å². The predicted octanol–water partition coefficient (Wildman–Crippen LogP) is 2.18. The van der Waals surface area contributed by atoms with Crippen molar-refractivity contribution in [3.63, 3.8) is 0 Å². The lowest BCUT2D eigenvalue weighted by atomic mass is 10.0. The van der Waals surface area contributed by atoms with Crippen molar-refractivity contribution in [3.05, 3.63) is 54.0 Å². The SMILES string of the molecule is CCNC(c1ccccc1)c1nccnc1OC. The van der Waals surface area contributed by atoms with Crippen LogP contribution in [0.2, 0.25) is 0 Å². The van der Waals surface area contributed by atoms with Gasteiger partial charge in [-0.1, -0.05) is 37.3 Å². The van der Waals surface area contributed by atoms with Crippen molar-refractivity contribution in [3.8, 4) is 5.88 Å². The fraction of sp³-hybridized carbons (Fsp3) is 0.286. The summed E-state index contributed by atoms with van der Waals surface area (Å²) in [4.78, 5) is 8.60. The molecule has 1 aromatic heterocycles. The number of benzene rings is 1. The average molecular weight is 243 g/mol. The molecular formula is C14H17N3O. The number of methoxy groups -OCH3 is 1. The van der Waals surface area contributed by atoms with E-state index in [2.05, 4.69) is 34.3 Å². The van der Waals surface area contributed by atoms with E-state index in [4.69, 9.17) is 4.74 Å². The van der Waals surface area contributed by atoms with Gasteiger partial charge >= 0.3 is 0 Å². The van der Waals surface area contributed by atoms with Gasteiger partial charge < -0.3 is 10.1 Å². The topological polar surface area (TPSA) is 47.0 Å². The molecule has 0 aliphatic heterocycles. The van der Waals surface area contributed by atoms with E-state index in [0.717, 1.165) is 17.8 Å². The molecule has 0 saturated carbocycles. The summed E-state index contributed by atoms with van der Waals surface area (Å²) >= 11 is 0. The van der Waals surface area contributed by atoms with Crippen LogP contribution in [0.3, 0.4) is 0 Å². The fourth-order valence-electron chi connectivity index (χ4n) is 1.91. The van der Waals surface area contributed by atoms with Gasteiger partial charge in [0, 0.05) is 12.4 Å². The Labute approximate surface area is 107 Å². The molecule has 4 nitrogen and oxygen atoms in total. The summed E-state index contributed by atoms with van der Waals surface area (Å²) in [6.07, 6.45) is 3.32. The fourth-order valence-corrected chi connectivity index (χ4v) is 1.91. The molecule has 94 valence electrons. The van der Waals surface area contributed by atoms with Crippen LogP contribution in [0.15, 0.2) is 42.7 Å². The quantitative estimate of drug-likeness (QED) is 0.874. The van der Waals surface area contributed by atoms with Crippen LogP contribution in [0.4, 0.5) is 0 Å². The van der Waals surface area contributed by atoms with E-state index >= 15 is 0 Å². The first kappa shape index (κ1) is 12.5. The molecule has 1 N–H and O–H groups in total. The smallest absolute Gasteiger partial charge is 0.237 e. The number of rotatable bonds is 5. The minimum atomic E-state index is -0.000139. The zero-order valence-corrected chi connectivity index (χ0v) is 10.6. The van der Waals surface area contributed by atoms with Gasteiger partial charge in [-0.2, -0.15) is 0 Å². The summed E-state index contributed by atoms with van der Waals surface area (Å²) in [7, 11) is 1.61. The highest BCUT2D eigenvalue weighted by atomic mass is 16.5. The standard InChI is InChI=1S/C14H17N3O/c1-3-15-12(11-7-5-4-6-8-11)13-14(18-2)17-10-9-16-13/h4-10,12,15H,3H2,1-2H3. The lowest BCUT2D eigenvalue weighted by Gasteiger charge is -2.19. The van der Waals surface area contributed by atoms with Crippen LogP contribution in [0.25, 0.3) is 0 Å². The summed E-state index contributed by atoms with van der Waals surface area (Å²) in [5.74, 6) is 0.562. The van der Waals surface area contributed by atoms with Crippen molar-refractivity contribution in [2.75, 3.05) is 13.7 Å². The van der Waals surface area contributed by atoms with E-state index in [1.54, 1.807) is 19.5 Å². The molecule has 0 spiro atoms. The van der Waals surface area contributed by atoms with Crippen molar-refractivity contribution in [2.24, 2.45) is 0 Å². The summed E-state index contributed by atoms with van der Waals surface area (Å²) in [5.41, 5.74) is 1.96. The summed E-state index contributed by atoms with van der Waals surface area (Å²) in [6, 6.07) is 10.2. The Hall–Kier alpha value is -1.94. The van der Waals surface area contributed by atoms with Gasteiger partial charge in [-0.05, 0) is 12.1 Å². The van der Waals surface area contributed by atoms with Gasteiger partial charge in [-0.25, -0.2) is 4.98 Å². The third-order valence-corrected chi connectivity index (χ3v) is 2.70. The minimum Gasteiger partial charge on any atom is -0.480 e. The predicted molar refractivity (Wildman–Crippen MR) is 70.5 cm³/mol. The molecule has 0 bridgehead atoms. The van der Waals surface area contributed by atoms with E-state index < -0.39 is 0 Å². The minimum absolute atomic E-state index is 0.000139. The van der Waals surface area contributed by atoms with Gasteiger partial charge in [-0.15, -0.1) is 0 Å². The number of ether oxygens (including phenoxy) is 1. The maximum absolute atomic E-state index is 5.28. The lowest BCUT2D eigenvalue weighted by Crippen LogP contribution is -2.23. The lowest BCUT2D eigenvalue weighted by molar-refractivity contribution is 0.383. The van der Waals surface area contributed by atoms with Gasteiger partial charge in [0.05, 0.1) is 13.2 Å². The zero-order chi connectivity index (χ0) is 12.8. The molecule has 0 aliphatic rings. The van der Waals surface area contributed by atoms with E-state index in [-0.39, 0.29) is 6.04 Å². The average Bonchev–Trinajstić information content (AvgIpc) is 2.46. The molecule has 0 aliphatic carbocycles. The molecule has 0 radical (unpaired) electrons. The van der Waals surface area contributed by atoms with Crippen LogP contribution in [-0.2, 0) is 0 Å². The molecule has 0 amide bonds. The molecule has 1 aromatic carbocycles. The Morgan fingerprint density at radius 3 is 2.56 bits per heavy atom. The first-order chi connectivity index (χ1) is 8.86. The second-order valence-corrected chi connectivity index (χ2v) is 3.85. The van der Waals surface area contributed by atoms with E-state index in [1.807, 2.05) is 18.2 Å². The van der Waals surface area contributed by atoms with Gasteiger partial charge in [0.15, 0.2) is 0 Å². The number of nitrogens with one attached hydrogen (secondary N) is 1. The first-order valence-electron chi connectivity index (χ1n) is 6.00. The molecular weight excluding hydrogens is 226 g/mol. The van der Waals surface area contributed by atoms with Crippen molar-refractivity contribution in [2.45, 2.75) is 13.0 Å². The van der Waals surface area contributed by atoms with E-state index in [9.17, 15) is 0 Å². The van der Waals surface area contributed by atoms with Gasteiger partial charge in [0.2, 0.25) is 5.88 Å². The van der Waals surface area contributed by atoms with Gasteiger partial charge in [-0.3, -0.25) is 4.98 Å². The van der Waals surface area contributed by atoms with Crippen molar-refractivity contribution < 1.29 is 4.74 Å². The molecule has 2 rings (SSSR count). The molecule has 1 unspecified atom stereocenters. The Morgan fingerprint density at radius 2 is 1.89 bits per heavy atom. The molecule has 1 heterocycles. The number of aromatic nitrogens is 2. The summed E-state index contributed by atoms with van der Waals surface area (Å²) in [5, 5.41) is 3.41. The summed E-state index contributed by atoms with van der Waals surface area (Å²) < 4.78 is 5.28. The third kappa shape index (κ3) is 2.65. The monoisotopic (exact) mass is 243 g/mol. The van der Waals surface area contributed by atoms with Gasteiger partial charge in [0.25, 0.3) is 0 Å². The Bertz CT molecular complexity index is 487. The number of hydrogen-bond acceptors (Lipinski definition) is 4. The normalized spacial score (nSPS) is 12.1. The van der Waals surface area contributed by atoms with Crippen molar-refractivity contribution >= 4 is 0 Å². The molecule has 2 aromatic rings. The first-order valence-corrected chi connectivity index (χ1v) is 6.00.